The van der Waals surface area contributed by atoms with E-state index in [1.807, 2.05) is 18.2 Å². The zero-order valence-electron chi connectivity index (χ0n) is 12.7. The highest BCUT2D eigenvalue weighted by atomic mass is 35.5. The normalized spacial score (nSPS) is 10.8. The molecule has 0 fully saturated rings. The fourth-order valence-electron chi connectivity index (χ4n) is 2.51. The number of H-pyrrole nitrogens is 1. The van der Waals surface area contributed by atoms with Gasteiger partial charge in [0.05, 0.1) is 22.2 Å². The Balaban J connectivity index is 2.10. The van der Waals surface area contributed by atoms with Crippen LogP contribution in [0.25, 0.3) is 10.9 Å². The van der Waals surface area contributed by atoms with Gasteiger partial charge in [0, 0.05) is 24.7 Å². The number of rotatable bonds is 4. The number of fused-ring (bicyclic) bond motifs is 1. The van der Waals surface area contributed by atoms with Crippen molar-refractivity contribution in [2.45, 2.75) is 6.54 Å². The van der Waals surface area contributed by atoms with Crippen molar-refractivity contribution in [3.05, 3.63) is 73.8 Å². The molecule has 0 spiro atoms. The minimum Gasteiger partial charge on any atom is -0.365 e. The van der Waals surface area contributed by atoms with Crippen molar-refractivity contribution in [2.24, 2.45) is 0 Å². The summed E-state index contributed by atoms with van der Waals surface area (Å²) >= 11 is 6.16. The van der Waals surface area contributed by atoms with Gasteiger partial charge in [-0.15, -0.1) is 0 Å². The topological polar surface area (TPSA) is 92.1 Å². The number of nitro groups is 1. The van der Waals surface area contributed by atoms with Crippen LogP contribution in [0.2, 0.25) is 5.02 Å². The molecule has 0 saturated carbocycles. The first kappa shape index (κ1) is 15.9. The van der Waals surface area contributed by atoms with Gasteiger partial charge in [-0.2, -0.15) is 0 Å². The van der Waals surface area contributed by atoms with Crippen molar-refractivity contribution in [1.29, 1.82) is 0 Å². The van der Waals surface area contributed by atoms with Gasteiger partial charge in [0.1, 0.15) is 5.69 Å². The highest BCUT2D eigenvalue weighted by Gasteiger charge is 2.20. The molecule has 0 aliphatic carbocycles. The molecule has 3 rings (SSSR count). The fraction of sp³-hybridized carbons (Fsp3) is 0.125. The number of nitrogens with one attached hydrogen (secondary N) is 1. The van der Waals surface area contributed by atoms with Crippen molar-refractivity contribution in [1.82, 2.24) is 9.97 Å². The molecule has 2 aromatic carbocycles. The Labute approximate surface area is 141 Å². The van der Waals surface area contributed by atoms with Crippen LogP contribution in [-0.4, -0.2) is 21.9 Å². The van der Waals surface area contributed by atoms with Gasteiger partial charge in [0.15, 0.2) is 0 Å². The summed E-state index contributed by atoms with van der Waals surface area (Å²) in [6, 6.07) is 10.1. The highest BCUT2D eigenvalue weighted by molar-refractivity contribution is 6.31. The average Bonchev–Trinajstić information content (AvgIpc) is 2.56. The van der Waals surface area contributed by atoms with Crippen LogP contribution in [-0.2, 0) is 6.54 Å². The molecule has 0 saturated heterocycles. The van der Waals surface area contributed by atoms with E-state index in [9.17, 15) is 14.9 Å². The van der Waals surface area contributed by atoms with Crippen LogP contribution in [0.5, 0.6) is 0 Å². The molecule has 3 aromatic rings. The largest absolute Gasteiger partial charge is 0.365 e. The summed E-state index contributed by atoms with van der Waals surface area (Å²) in [6.45, 7) is 0.384. The van der Waals surface area contributed by atoms with Crippen LogP contribution in [0, 0.1) is 10.1 Å². The van der Waals surface area contributed by atoms with Crippen LogP contribution in [0.4, 0.5) is 11.4 Å². The van der Waals surface area contributed by atoms with Crippen LogP contribution in [0.1, 0.15) is 5.56 Å². The first-order valence-corrected chi connectivity index (χ1v) is 7.45. The molecule has 0 aliphatic rings. The van der Waals surface area contributed by atoms with Gasteiger partial charge in [-0.25, -0.2) is 4.98 Å². The van der Waals surface area contributed by atoms with Crippen molar-refractivity contribution >= 4 is 33.9 Å². The molecule has 0 atom stereocenters. The second-order valence-corrected chi connectivity index (χ2v) is 5.70. The van der Waals surface area contributed by atoms with Gasteiger partial charge in [-0.1, -0.05) is 29.8 Å². The first-order valence-electron chi connectivity index (χ1n) is 7.07. The van der Waals surface area contributed by atoms with Gasteiger partial charge in [0.2, 0.25) is 0 Å². The molecular weight excluding hydrogens is 332 g/mol. The smallest absolute Gasteiger partial charge is 0.293 e. The van der Waals surface area contributed by atoms with Crippen LogP contribution >= 0.6 is 11.6 Å². The van der Waals surface area contributed by atoms with E-state index in [1.54, 1.807) is 24.1 Å². The molecule has 7 nitrogen and oxygen atoms in total. The van der Waals surface area contributed by atoms with E-state index in [2.05, 4.69) is 9.97 Å². The zero-order valence-corrected chi connectivity index (χ0v) is 13.4. The third-order valence-electron chi connectivity index (χ3n) is 3.71. The molecular formula is C16H13ClN4O3. The molecule has 122 valence electrons. The number of benzene rings is 2. The Morgan fingerprint density at radius 1 is 1.33 bits per heavy atom. The first-order chi connectivity index (χ1) is 11.5. The van der Waals surface area contributed by atoms with E-state index >= 15 is 0 Å². The summed E-state index contributed by atoms with van der Waals surface area (Å²) in [6.07, 6.45) is 1.27. The second kappa shape index (κ2) is 6.29. The summed E-state index contributed by atoms with van der Waals surface area (Å²) in [7, 11) is 1.73. The van der Waals surface area contributed by atoms with E-state index in [0.717, 1.165) is 5.56 Å². The summed E-state index contributed by atoms with van der Waals surface area (Å²) in [5.41, 5.74) is 1.03. The maximum absolute atomic E-state index is 11.8. The molecule has 0 amide bonds. The fourth-order valence-corrected chi connectivity index (χ4v) is 2.71. The van der Waals surface area contributed by atoms with E-state index < -0.39 is 10.5 Å². The second-order valence-electron chi connectivity index (χ2n) is 5.29. The maximum atomic E-state index is 11.8. The number of aromatic nitrogens is 2. The molecule has 1 aromatic heterocycles. The molecule has 0 unspecified atom stereocenters. The zero-order chi connectivity index (χ0) is 17.3. The van der Waals surface area contributed by atoms with Crippen LogP contribution < -0.4 is 10.5 Å². The lowest BCUT2D eigenvalue weighted by Crippen LogP contribution is -2.18. The third kappa shape index (κ3) is 2.93. The molecule has 0 radical (unpaired) electrons. The SMILES string of the molecule is CN(Cc1ccccc1Cl)c1cc2nc[nH]c(=O)c2cc1[N+](=O)[O-]. The van der Waals surface area contributed by atoms with Crippen molar-refractivity contribution in [3.8, 4) is 0 Å². The molecule has 24 heavy (non-hydrogen) atoms. The summed E-state index contributed by atoms with van der Waals surface area (Å²) in [5, 5.41) is 12.2. The van der Waals surface area contributed by atoms with Gasteiger partial charge < -0.3 is 9.88 Å². The molecule has 1 N–H and O–H groups in total. The summed E-state index contributed by atoms with van der Waals surface area (Å²) in [5.74, 6) is 0. The number of halogens is 1. The predicted molar refractivity (Wildman–Crippen MR) is 92.6 cm³/mol. The van der Waals surface area contributed by atoms with Crippen molar-refractivity contribution in [3.63, 3.8) is 0 Å². The minimum absolute atomic E-state index is 0.157. The number of hydrogen-bond donors (Lipinski definition) is 1. The van der Waals surface area contributed by atoms with E-state index in [0.29, 0.717) is 22.8 Å². The van der Waals surface area contributed by atoms with Crippen molar-refractivity contribution < 1.29 is 4.92 Å². The number of nitrogens with zero attached hydrogens (tertiary/aromatic N) is 3. The Hall–Kier alpha value is -2.93. The molecule has 0 bridgehead atoms. The molecule has 0 aliphatic heterocycles. The van der Waals surface area contributed by atoms with Crippen LogP contribution in [0.3, 0.4) is 0 Å². The number of hydrogen-bond acceptors (Lipinski definition) is 5. The summed E-state index contributed by atoms with van der Waals surface area (Å²) < 4.78 is 0. The quantitative estimate of drug-likeness (QED) is 0.580. The predicted octanol–water partition coefficient (Wildman–Crippen LogP) is 3.12. The monoisotopic (exact) mass is 344 g/mol. The highest BCUT2D eigenvalue weighted by Crippen LogP contribution is 2.32. The van der Waals surface area contributed by atoms with Gasteiger partial charge >= 0.3 is 0 Å². The minimum atomic E-state index is -0.510. The average molecular weight is 345 g/mol. The lowest BCUT2D eigenvalue weighted by atomic mass is 10.1. The van der Waals surface area contributed by atoms with E-state index in [-0.39, 0.29) is 11.1 Å². The maximum Gasteiger partial charge on any atom is 0.293 e. The van der Waals surface area contributed by atoms with Gasteiger partial charge in [-0.3, -0.25) is 14.9 Å². The number of anilines is 1. The number of aromatic amines is 1. The van der Waals surface area contributed by atoms with Crippen molar-refractivity contribution in [2.75, 3.05) is 11.9 Å². The van der Waals surface area contributed by atoms with Crippen LogP contribution in [0.15, 0.2) is 47.5 Å². The lowest BCUT2D eigenvalue weighted by molar-refractivity contribution is -0.384. The Kier molecular flexibility index (Phi) is 4.18. The Morgan fingerprint density at radius 2 is 2.08 bits per heavy atom. The lowest BCUT2D eigenvalue weighted by Gasteiger charge is -2.20. The molecule has 8 heteroatoms. The Morgan fingerprint density at radius 3 is 2.79 bits per heavy atom. The van der Waals surface area contributed by atoms with E-state index in [1.165, 1.54) is 12.4 Å². The number of nitro benzene ring substituents is 1. The van der Waals surface area contributed by atoms with E-state index in [4.69, 9.17) is 11.6 Å². The third-order valence-corrected chi connectivity index (χ3v) is 4.08. The van der Waals surface area contributed by atoms with Gasteiger partial charge in [0.25, 0.3) is 11.2 Å². The Bertz CT molecular complexity index is 986. The standard InChI is InChI=1S/C16H13ClN4O3/c1-20(8-10-4-2-3-5-12(10)17)14-7-13-11(6-15(14)21(23)24)16(22)19-9-18-13/h2-7,9H,8H2,1H3,(H,18,19,22). The molecule has 1 heterocycles. The van der Waals surface area contributed by atoms with Gasteiger partial charge in [-0.05, 0) is 17.7 Å². The summed E-state index contributed by atoms with van der Waals surface area (Å²) in [4.78, 5) is 30.9.